The quantitative estimate of drug-likeness (QED) is 0.436. The van der Waals surface area contributed by atoms with Crippen molar-refractivity contribution in [3.63, 3.8) is 0 Å². The van der Waals surface area contributed by atoms with Gasteiger partial charge in [-0.1, -0.05) is 6.07 Å². The minimum atomic E-state index is -1.25. The van der Waals surface area contributed by atoms with Gasteiger partial charge in [-0.2, -0.15) is 0 Å². The molecule has 0 unspecified atom stereocenters. The highest BCUT2D eigenvalue weighted by Gasteiger charge is 2.46. The fraction of sp³-hybridized carbons (Fsp3) is 0.567. The molecule has 1 aromatic heterocycles. The summed E-state index contributed by atoms with van der Waals surface area (Å²) >= 11 is 0. The van der Waals surface area contributed by atoms with E-state index in [2.05, 4.69) is 10.6 Å². The predicted molar refractivity (Wildman–Crippen MR) is 153 cm³/mol. The summed E-state index contributed by atoms with van der Waals surface area (Å²) in [4.78, 5) is 69.3. The zero-order valence-corrected chi connectivity index (χ0v) is 25.3. The summed E-state index contributed by atoms with van der Waals surface area (Å²) in [7, 11) is 1.62. The van der Waals surface area contributed by atoms with E-state index in [9.17, 15) is 32.8 Å². The number of nitrogens with one attached hydrogen (secondary N) is 2. The number of aryl methyl sites for hydroxylation is 1. The average Bonchev–Trinajstić information content (AvgIpc) is 3.57. The molecule has 15 heteroatoms. The molecule has 2 fully saturated rings. The Bertz CT molecular complexity index is 1510. The lowest BCUT2D eigenvalue weighted by molar-refractivity contribution is -0.147. The Morgan fingerprint density at radius 1 is 1.09 bits per heavy atom. The van der Waals surface area contributed by atoms with Crippen molar-refractivity contribution in [1.29, 1.82) is 0 Å². The van der Waals surface area contributed by atoms with Crippen LogP contribution in [0.2, 0.25) is 0 Å². The predicted octanol–water partition coefficient (Wildman–Crippen LogP) is 1.19. The van der Waals surface area contributed by atoms with Crippen LogP contribution >= 0.6 is 0 Å². The summed E-state index contributed by atoms with van der Waals surface area (Å²) in [6.45, 7) is 2.12. The topological polar surface area (TPSA) is 155 Å². The molecule has 4 heterocycles. The standard InChI is InChI=1S/C30H37F2N5O8/c1-16(35(3)15-25-17(2)44-30(42)45-25)27(39)34-22-14-36(26(38)13-31)10-8-19-5-7-23(37(19)29(22)41)28(40)33-21-9-11-43-24-12-18(32)4-6-20(21)24/h4,6,12,16,19,21-23H,5,7-11,13-15H2,1-3H3,(H,33,40)(H,34,39)/t16-,19+,21+,22-,23-/m0/s1. The number of benzene rings is 1. The van der Waals surface area contributed by atoms with Gasteiger partial charge in [0, 0.05) is 37.2 Å². The minimum absolute atomic E-state index is 0.0651. The third kappa shape index (κ3) is 6.87. The number of alkyl halides is 1. The second-order valence-electron chi connectivity index (χ2n) is 11.7. The van der Waals surface area contributed by atoms with Gasteiger partial charge in [0.05, 0.1) is 25.2 Å². The maximum atomic E-state index is 14.1. The molecule has 3 aliphatic rings. The van der Waals surface area contributed by atoms with Crippen LogP contribution in [0, 0.1) is 12.7 Å². The highest BCUT2D eigenvalue weighted by Crippen LogP contribution is 2.34. The molecule has 244 valence electrons. The molecule has 0 radical (unpaired) electrons. The first-order chi connectivity index (χ1) is 21.5. The number of hydrogen-bond acceptors (Lipinski definition) is 9. The van der Waals surface area contributed by atoms with Crippen LogP contribution in [-0.2, 0) is 25.7 Å². The van der Waals surface area contributed by atoms with Gasteiger partial charge in [-0.15, -0.1) is 0 Å². The number of fused-ring (bicyclic) bond motifs is 2. The third-order valence-electron chi connectivity index (χ3n) is 8.88. The Morgan fingerprint density at radius 2 is 1.87 bits per heavy atom. The van der Waals surface area contributed by atoms with E-state index in [-0.39, 0.29) is 43.7 Å². The average molecular weight is 634 g/mol. The first-order valence-electron chi connectivity index (χ1n) is 14.9. The van der Waals surface area contributed by atoms with E-state index in [1.807, 2.05) is 0 Å². The number of ether oxygens (including phenoxy) is 1. The van der Waals surface area contributed by atoms with Crippen LogP contribution in [0.25, 0.3) is 0 Å². The molecule has 5 rings (SSSR count). The van der Waals surface area contributed by atoms with Crippen LogP contribution in [0.1, 0.15) is 55.7 Å². The van der Waals surface area contributed by atoms with Crippen LogP contribution in [0.15, 0.2) is 31.8 Å². The van der Waals surface area contributed by atoms with Crippen molar-refractivity contribution in [2.75, 3.05) is 33.4 Å². The van der Waals surface area contributed by atoms with E-state index in [0.29, 0.717) is 37.0 Å². The molecule has 2 aromatic rings. The van der Waals surface area contributed by atoms with Crippen LogP contribution in [0.4, 0.5) is 8.78 Å². The number of carbonyl (C=O) groups is 4. The number of hydrogen-bond donors (Lipinski definition) is 2. The fourth-order valence-corrected chi connectivity index (χ4v) is 6.21. The van der Waals surface area contributed by atoms with Gasteiger partial charge in [-0.25, -0.2) is 13.6 Å². The van der Waals surface area contributed by atoms with Crippen molar-refractivity contribution in [2.24, 2.45) is 0 Å². The molecule has 2 saturated heterocycles. The summed E-state index contributed by atoms with van der Waals surface area (Å²) in [6.07, 6.45) is 1.64. The molecule has 45 heavy (non-hydrogen) atoms. The Morgan fingerprint density at radius 3 is 2.58 bits per heavy atom. The first-order valence-corrected chi connectivity index (χ1v) is 14.9. The van der Waals surface area contributed by atoms with Crippen LogP contribution in [0.5, 0.6) is 5.75 Å². The van der Waals surface area contributed by atoms with Gasteiger partial charge >= 0.3 is 5.82 Å². The van der Waals surface area contributed by atoms with Crippen LogP contribution < -0.4 is 21.2 Å². The number of likely N-dealkylation sites (N-methyl/N-ethyl adjacent to an activating group) is 1. The summed E-state index contributed by atoms with van der Waals surface area (Å²) in [5.74, 6) is -2.75. The largest absolute Gasteiger partial charge is 0.519 e. The first kappa shape index (κ1) is 32.1. The maximum Gasteiger partial charge on any atom is 0.519 e. The van der Waals surface area contributed by atoms with Crippen molar-refractivity contribution in [2.45, 2.75) is 76.3 Å². The Balaban J connectivity index is 1.33. The maximum absolute atomic E-state index is 14.1. The molecule has 0 bridgehead atoms. The van der Waals surface area contributed by atoms with Gasteiger partial charge in [0.15, 0.2) is 12.4 Å². The van der Waals surface area contributed by atoms with Crippen molar-refractivity contribution in [1.82, 2.24) is 25.3 Å². The van der Waals surface area contributed by atoms with Crippen LogP contribution in [0.3, 0.4) is 0 Å². The second kappa shape index (κ2) is 13.4. The summed E-state index contributed by atoms with van der Waals surface area (Å²) in [5.41, 5.74) is 0.637. The van der Waals surface area contributed by atoms with E-state index in [1.54, 1.807) is 31.9 Å². The van der Waals surface area contributed by atoms with E-state index < -0.39 is 66.2 Å². The molecule has 3 aliphatic heterocycles. The van der Waals surface area contributed by atoms with Crippen molar-refractivity contribution >= 4 is 23.6 Å². The second-order valence-corrected chi connectivity index (χ2v) is 11.7. The number of carbonyl (C=O) groups excluding carboxylic acids is 4. The molecule has 2 N–H and O–H groups in total. The molecular weight excluding hydrogens is 596 g/mol. The van der Waals surface area contributed by atoms with Crippen molar-refractivity contribution < 1.29 is 41.5 Å². The number of halogens is 2. The van der Waals surface area contributed by atoms with Gasteiger partial charge in [-0.05, 0) is 46.2 Å². The molecular formula is C30H37F2N5O8. The highest BCUT2D eigenvalue weighted by molar-refractivity contribution is 5.94. The van der Waals surface area contributed by atoms with Crippen molar-refractivity contribution in [3.05, 3.63) is 51.7 Å². The molecule has 13 nitrogen and oxygen atoms in total. The molecule has 0 spiro atoms. The number of nitrogens with zero attached hydrogens (tertiary/aromatic N) is 3. The lowest BCUT2D eigenvalue weighted by Crippen LogP contribution is -2.62. The summed E-state index contributed by atoms with van der Waals surface area (Å²) in [6, 6.07) is 0.357. The van der Waals surface area contributed by atoms with Crippen LogP contribution in [-0.4, -0.2) is 95.9 Å². The number of rotatable bonds is 8. The molecule has 4 amide bonds. The monoisotopic (exact) mass is 633 g/mol. The highest BCUT2D eigenvalue weighted by atomic mass is 19.1. The van der Waals surface area contributed by atoms with Gasteiger partial charge in [0.1, 0.15) is 29.4 Å². The summed E-state index contributed by atoms with van der Waals surface area (Å²) < 4.78 is 42.7. The Kier molecular flexibility index (Phi) is 9.56. The number of amides is 4. The normalized spacial score (nSPS) is 23.8. The zero-order valence-electron chi connectivity index (χ0n) is 25.3. The smallest absolute Gasteiger partial charge is 0.493 e. The molecule has 0 saturated carbocycles. The van der Waals surface area contributed by atoms with E-state index >= 15 is 0 Å². The lowest BCUT2D eigenvalue weighted by Gasteiger charge is -2.39. The Hall–Kier alpha value is -4.27. The van der Waals surface area contributed by atoms with Gasteiger partial charge in [0.2, 0.25) is 17.7 Å². The molecule has 5 atom stereocenters. The Labute approximate surface area is 257 Å². The third-order valence-corrected chi connectivity index (χ3v) is 8.88. The van der Waals surface area contributed by atoms with Gasteiger partial charge < -0.3 is 34.0 Å². The van der Waals surface area contributed by atoms with Gasteiger partial charge in [0.25, 0.3) is 5.91 Å². The minimum Gasteiger partial charge on any atom is -0.493 e. The van der Waals surface area contributed by atoms with E-state index in [0.717, 1.165) is 0 Å². The van der Waals surface area contributed by atoms with Gasteiger partial charge in [-0.3, -0.25) is 24.1 Å². The molecule has 1 aromatic carbocycles. The SMILES string of the molecule is Cc1oc(=O)oc1CN(C)[C@@H](C)C(=O)N[C@H]1CN(C(=O)CF)CC[C@H]2CC[C@@H](C(=O)N[C@@H]3CCOc4cc(F)ccc43)N2C1=O. The van der Waals surface area contributed by atoms with Crippen molar-refractivity contribution in [3.8, 4) is 5.75 Å². The van der Waals surface area contributed by atoms with E-state index in [1.165, 1.54) is 21.9 Å². The van der Waals surface area contributed by atoms with E-state index in [4.69, 9.17) is 13.6 Å². The zero-order chi connectivity index (χ0) is 32.4. The fourth-order valence-electron chi connectivity index (χ4n) is 6.21. The summed E-state index contributed by atoms with van der Waals surface area (Å²) in [5, 5.41) is 5.71. The lowest BCUT2D eigenvalue weighted by atomic mass is 9.99. The molecule has 0 aliphatic carbocycles.